The number of nitrogens with zero attached hydrogens (tertiary/aromatic N) is 4. The molecule has 1 aliphatic rings. The summed E-state index contributed by atoms with van der Waals surface area (Å²) in [5.41, 5.74) is 3.93. The van der Waals surface area contributed by atoms with Crippen molar-refractivity contribution in [2.75, 3.05) is 18.4 Å². The first-order valence-electron chi connectivity index (χ1n) is 9.32. The lowest BCUT2D eigenvalue weighted by atomic mass is 10.1. The minimum Gasteiger partial charge on any atom is -0.319 e. The standard InChI is InChI=1S/C20H24N6O.ClH/c1-14-12-15(2)26(23-14)19-8-4-3-7-17(19)22-20(27)18-9-11-25(24-18)16-6-5-10-21-13-16;/h3-4,7-9,11-12,16,21H,5-6,10,13H2,1-2H3,(H,22,27);1H. The van der Waals surface area contributed by atoms with Gasteiger partial charge in [-0.3, -0.25) is 9.48 Å². The van der Waals surface area contributed by atoms with Crippen molar-refractivity contribution in [2.45, 2.75) is 32.7 Å². The number of benzene rings is 1. The highest BCUT2D eigenvalue weighted by atomic mass is 35.5. The molecule has 0 saturated carbocycles. The smallest absolute Gasteiger partial charge is 0.276 e. The van der Waals surface area contributed by atoms with Crippen LogP contribution in [0.25, 0.3) is 5.69 Å². The Morgan fingerprint density at radius 1 is 1.21 bits per heavy atom. The number of aryl methyl sites for hydroxylation is 2. The molecule has 2 aromatic heterocycles. The minimum atomic E-state index is -0.216. The van der Waals surface area contributed by atoms with Crippen molar-refractivity contribution in [1.82, 2.24) is 24.9 Å². The average Bonchev–Trinajstić information content (AvgIpc) is 3.30. The van der Waals surface area contributed by atoms with Gasteiger partial charge in [-0.25, -0.2) is 4.68 Å². The summed E-state index contributed by atoms with van der Waals surface area (Å²) < 4.78 is 3.74. The summed E-state index contributed by atoms with van der Waals surface area (Å²) in [6, 6.07) is 11.8. The number of nitrogens with one attached hydrogen (secondary N) is 2. The first-order chi connectivity index (χ1) is 13.1. The summed E-state index contributed by atoms with van der Waals surface area (Å²) in [6.45, 7) is 5.90. The molecule has 3 aromatic rings. The fourth-order valence-corrected chi connectivity index (χ4v) is 3.54. The number of para-hydroxylation sites is 2. The molecule has 148 valence electrons. The van der Waals surface area contributed by atoms with Gasteiger partial charge in [-0.2, -0.15) is 10.2 Å². The second kappa shape index (κ2) is 8.58. The van der Waals surface area contributed by atoms with E-state index in [0.717, 1.165) is 43.0 Å². The van der Waals surface area contributed by atoms with Crippen LogP contribution in [0.15, 0.2) is 42.6 Å². The van der Waals surface area contributed by atoms with Gasteiger partial charge in [0.15, 0.2) is 5.69 Å². The van der Waals surface area contributed by atoms with Crippen molar-refractivity contribution >= 4 is 24.0 Å². The summed E-state index contributed by atoms with van der Waals surface area (Å²) in [6.07, 6.45) is 4.10. The van der Waals surface area contributed by atoms with E-state index >= 15 is 0 Å². The molecule has 1 unspecified atom stereocenters. The van der Waals surface area contributed by atoms with E-state index in [1.165, 1.54) is 0 Å². The Labute approximate surface area is 170 Å². The number of carbonyl (C=O) groups excluding carboxylic acids is 1. The van der Waals surface area contributed by atoms with Crippen molar-refractivity contribution in [3.63, 3.8) is 0 Å². The van der Waals surface area contributed by atoms with E-state index in [0.29, 0.717) is 17.4 Å². The zero-order valence-corrected chi connectivity index (χ0v) is 16.9. The highest BCUT2D eigenvalue weighted by Gasteiger charge is 2.18. The van der Waals surface area contributed by atoms with Gasteiger partial charge in [-0.05, 0) is 57.5 Å². The highest BCUT2D eigenvalue weighted by molar-refractivity contribution is 6.03. The second-order valence-corrected chi connectivity index (χ2v) is 6.99. The zero-order chi connectivity index (χ0) is 18.8. The Kier molecular flexibility index (Phi) is 6.16. The van der Waals surface area contributed by atoms with E-state index in [4.69, 9.17) is 0 Å². The zero-order valence-electron chi connectivity index (χ0n) is 16.1. The van der Waals surface area contributed by atoms with E-state index in [2.05, 4.69) is 20.8 Å². The largest absolute Gasteiger partial charge is 0.319 e. The molecule has 1 amide bonds. The number of carbonyl (C=O) groups is 1. The number of hydrogen-bond donors (Lipinski definition) is 2. The number of piperidine rings is 1. The molecule has 1 fully saturated rings. The summed E-state index contributed by atoms with van der Waals surface area (Å²) in [4.78, 5) is 12.8. The topological polar surface area (TPSA) is 76.8 Å². The van der Waals surface area contributed by atoms with Crippen LogP contribution < -0.4 is 10.6 Å². The van der Waals surface area contributed by atoms with Crippen molar-refractivity contribution in [3.8, 4) is 5.69 Å². The molecular weight excluding hydrogens is 376 g/mol. The lowest BCUT2D eigenvalue weighted by Crippen LogP contribution is -2.32. The molecule has 0 aliphatic carbocycles. The van der Waals surface area contributed by atoms with Gasteiger partial charge in [-0.1, -0.05) is 12.1 Å². The number of aromatic nitrogens is 4. The van der Waals surface area contributed by atoms with E-state index in [1.807, 2.05) is 59.7 Å². The Morgan fingerprint density at radius 2 is 2.04 bits per heavy atom. The molecule has 2 N–H and O–H groups in total. The van der Waals surface area contributed by atoms with Gasteiger partial charge in [0.05, 0.1) is 23.1 Å². The summed E-state index contributed by atoms with van der Waals surface area (Å²) >= 11 is 0. The first-order valence-corrected chi connectivity index (χ1v) is 9.32. The van der Waals surface area contributed by atoms with Crippen LogP contribution in [0.3, 0.4) is 0 Å². The van der Waals surface area contributed by atoms with Crippen LogP contribution in [0, 0.1) is 13.8 Å². The van der Waals surface area contributed by atoms with Crippen LogP contribution in [0.2, 0.25) is 0 Å². The van der Waals surface area contributed by atoms with Gasteiger partial charge in [-0.15, -0.1) is 12.4 Å². The molecule has 0 radical (unpaired) electrons. The molecule has 1 aromatic carbocycles. The Morgan fingerprint density at radius 3 is 2.75 bits per heavy atom. The van der Waals surface area contributed by atoms with E-state index < -0.39 is 0 Å². The SMILES string of the molecule is Cc1cc(C)n(-c2ccccc2NC(=O)c2ccn(C3CCCNC3)n2)n1.Cl. The maximum atomic E-state index is 12.8. The number of anilines is 1. The maximum absolute atomic E-state index is 12.8. The number of rotatable bonds is 4. The van der Waals surface area contributed by atoms with Gasteiger partial charge in [0.25, 0.3) is 5.91 Å². The molecule has 7 nitrogen and oxygen atoms in total. The monoisotopic (exact) mass is 400 g/mol. The molecule has 1 saturated heterocycles. The van der Waals surface area contributed by atoms with E-state index in [1.54, 1.807) is 6.07 Å². The van der Waals surface area contributed by atoms with Crippen LogP contribution in [0.5, 0.6) is 0 Å². The Bertz CT molecular complexity index is 957. The van der Waals surface area contributed by atoms with Crippen molar-refractivity contribution in [3.05, 3.63) is 59.7 Å². The Hall–Kier alpha value is -2.64. The molecule has 8 heteroatoms. The van der Waals surface area contributed by atoms with E-state index in [-0.39, 0.29) is 18.3 Å². The molecule has 4 rings (SSSR count). The normalized spacial score (nSPS) is 16.4. The summed E-state index contributed by atoms with van der Waals surface area (Å²) in [7, 11) is 0. The van der Waals surface area contributed by atoms with Crippen LogP contribution in [0.1, 0.15) is 40.8 Å². The maximum Gasteiger partial charge on any atom is 0.276 e. The molecule has 1 aliphatic heterocycles. The summed E-state index contributed by atoms with van der Waals surface area (Å²) in [5.74, 6) is -0.216. The predicted molar refractivity (Wildman–Crippen MR) is 112 cm³/mol. The molecule has 3 heterocycles. The average molecular weight is 401 g/mol. The van der Waals surface area contributed by atoms with Crippen molar-refractivity contribution < 1.29 is 4.79 Å². The molecular formula is C20H25ClN6O. The quantitative estimate of drug-likeness (QED) is 0.704. The third kappa shape index (κ3) is 4.10. The fourth-order valence-electron chi connectivity index (χ4n) is 3.54. The first kappa shape index (κ1) is 20.1. The van der Waals surface area contributed by atoms with Crippen LogP contribution in [-0.4, -0.2) is 38.6 Å². The minimum absolute atomic E-state index is 0. The van der Waals surface area contributed by atoms with Crippen LogP contribution in [-0.2, 0) is 0 Å². The third-order valence-corrected chi connectivity index (χ3v) is 4.88. The molecule has 0 bridgehead atoms. The highest BCUT2D eigenvalue weighted by Crippen LogP contribution is 2.22. The lowest BCUT2D eigenvalue weighted by molar-refractivity contribution is 0.102. The number of amides is 1. The summed E-state index contributed by atoms with van der Waals surface area (Å²) in [5, 5.41) is 15.4. The van der Waals surface area contributed by atoms with Gasteiger partial charge in [0.2, 0.25) is 0 Å². The van der Waals surface area contributed by atoms with Gasteiger partial charge < -0.3 is 10.6 Å². The molecule has 1 atom stereocenters. The third-order valence-electron chi connectivity index (χ3n) is 4.88. The van der Waals surface area contributed by atoms with E-state index in [9.17, 15) is 4.79 Å². The van der Waals surface area contributed by atoms with Gasteiger partial charge in [0, 0.05) is 18.4 Å². The Balaban J connectivity index is 0.00000225. The van der Waals surface area contributed by atoms with Gasteiger partial charge >= 0.3 is 0 Å². The molecule has 0 spiro atoms. The van der Waals surface area contributed by atoms with Crippen LogP contribution in [0.4, 0.5) is 5.69 Å². The van der Waals surface area contributed by atoms with Crippen molar-refractivity contribution in [1.29, 1.82) is 0 Å². The second-order valence-electron chi connectivity index (χ2n) is 6.99. The predicted octanol–water partition coefficient (Wildman–Crippen LogP) is 3.28. The van der Waals surface area contributed by atoms with Crippen LogP contribution >= 0.6 is 12.4 Å². The number of halogens is 1. The van der Waals surface area contributed by atoms with Crippen molar-refractivity contribution in [2.24, 2.45) is 0 Å². The fraction of sp³-hybridized carbons (Fsp3) is 0.350. The number of hydrogen-bond acceptors (Lipinski definition) is 4. The lowest BCUT2D eigenvalue weighted by Gasteiger charge is -2.22. The molecule has 28 heavy (non-hydrogen) atoms. The van der Waals surface area contributed by atoms with Gasteiger partial charge in [0.1, 0.15) is 0 Å².